The fourth-order valence-corrected chi connectivity index (χ4v) is 1.51. The maximum Gasteiger partial charge on any atom is 0.155 e. The quantitative estimate of drug-likeness (QED) is 0.605. The number of rotatable bonds is 1. The molecule has 0 atom stereocenters. The van der Waals surface area contributed by atoms with Crippen LogP contribution in [0.5, 0.6) is 0 Å². The van der Waals surface area contributed by atoms with Gasteiger partial charge >= 0.3 is 0 Å². The highest BCUT2D eigenvalue weighted by atomic mass is 15.2. The van der Waals surface area contributed by atoms with Gasteiger partial charge in [-0.25, -0.2) is 4.98 Å². The molecule has 0 saturated carbocycles. The number of aromatic nitrogens is 5. The van der Waals surface area contributed by atoms with E-state index in [-0.39, 0.29) is 0 Å². The number of hydrogen-bond donors (Lipinski definition) is 2. The van der Waals surface area contributed by atoms with Gasteiger partial charge in [-0.1, -0.05) is 0 Å². The minimum absolute atomic E-state index is 0.467. The van der Waals surface area contributed by atoms with E-state index in [1.165, 1.54) is 0 Å². The molecule has 6 heteroatoms. The van der Waals surface area contributed by atoms with E-state index in [0.29, 0.717) is 5.82 Å². The molecule has 3 N–H and O–H groups in total. The van der Waals surface area contributed by atoms with Crippen molar-refractivity contribution in [2.75, 3.05) is 5.73 Å². The van der Waals surface area contributed by atoms with E-state index in [2.05, 4.69) is 20.2 Å². The lowest BCUT2D eigenvalue weighted by molar-refractivity contribution is 1.07. The van der Waals surface area contributed by atoms with E-state index in [0.717, 1.165) is 17.0 Å². The van der Waals surface area contributed by atoms with E-state index in [9.17, 15) is 0 Å². The molecule has 0 aliphatic rings. The molecule has 0 aliphatic carbocycles. The van der Waals surface area contributed by atoms with Crippen molar-refractivity contribution in [3.8, 4) is 11.4 Å². The molecule has 15 heavy (non-hydrogen) atoms. The first-order chi connectivity index (χ1) is 7.34. The number of nitrogens with one attached hydrogen (secondary N) is 1. The molecule has 0 unspecified atom stereocenters. The van der Waals surface area contributed by atoms with Crippen LogP contribution in [-0.2, 0) is 0 Å². The summed E-state index contributed by atoms with van der Waals surface area (Å²) in [6, 6.07) is 1.77. The minimum atomic E-state index is 0.467. The van der Waals surface area contributed by atoms with Crippen LogP contribution in [0.1, 0.15) is 0 Å². The Balaban J connectivity index is 2.27. The molecule has 3 aromatic heterocycles. The van der Waals surface area contributed by atoms with Gasteiger partial charge in [0.25, 0.3) is 0 Å². The number of nitrogens with zero attached hydrogens (tertiary/aromatic N) is 4. The molecule has 0 aromatic carbocycles. The average molecular weight is 200 g/mol. The second-order valence-electron chi connectivity index (χ2n) is 3.15. The van der Waals surface area contributed by atoms with E-state index < -0.39 is 0 Å². The average Bonchev–Trinajstić information content (AvgIpc) is 2.83. The van der Waals surface area contributed by atoms with Gasteiger partial charge in [0, 0.05) is 18.5 Å². The number of H-pyrrole nitrogens is 1. The maximum absolute atomic E-state index is 5.54. The van der Waals surface area contributed by atoms with Crippen molar-refractivity contribution in [3.63, 3.8) is 0 Å². The molecule has 3 aromatic rings. The third-order valence-electron chi connectivity index (χ3n) is 2.19. The lowest BCUT2D eigenvalue weighted by Crippen LogP contribution is -1.88. The zero-order chi connectivity index (χ0) is 10.3. The van der Waals surface area contributed by atoms with Gasteiger partial charge in [0.15, 0.2) is 5.65 Å². The Labute approximate surface area is 84.8 Å². The van der Waals surface area contributed by atoms with Crippen LogP contribution in [0, 0.1) is 0 Å². The van der Waals surface area contributed by atoms with Gasteiger partial charge in [-0.05, 0) is 0 Å². The van der Waals surface area contributed by atoms with Gasteiger partial charge in [-0.3, -0.25) is 14.5 Å². The molecule has 0 fully saturated rings. The number of aromatic amines is 1. The minimum Gasteiger partial charge on any atom is -0.382 e. The summed E-state index contributed by atoms with van der Waals surface area (Å²) < 4.78 is 1.92. The summed E-state index contributed by atoms with van der Waals surface area (Å²) in [6.07, 6.45) is 7.00. The number of nitrogens with two attached hydrogens (primary N) is 1. The fourth-order valence-electron chi connectivity index (χ4n) is 1.51. The van der Waals surface area contributed by atoms with Crippen molar-refractivity contribution in [2.24, 2.45) is 0 Å². The van der Waals surface area contributed by atoms with E-state index in [4.69, 9.17) is 5.73 Å². The van der Waals surface area contributed by atoms with Crippen LogP contribution < -0.4 is 5.73 Å². The molecule has 0 aliphatic heterocycles. The molecular formula is C9H8N6. The van der Waals surface area contributed by atoms with Crippen LogP contribution in [-0.4, -0.2) is 24.6 Å². The lowest BCUT2D eigenvalue weighted by atomic mass is 10.3. The highest BCUT2D eigenvalue weighted by molar-refractivity contribution is 5.61. The molecule has 0 bridgehead atoms. The zero-order valence-corrected chi connectivity index (χ0v) is 7.75. The Morgan fingerprint density at radius 3 is 3.07 bits per heavy atom. The highest BCUT2D eigenvalue weighted by Crippen LogP contribution is 2.19. The predicted octanol–water partition coefficient (Wildman–Crippen LogP) is 0.702. The van der Waals surface area contributed by atoms with Crippen molar-refractivity contribution >= 4 is 11.5 Å². The first-order valence-electron chi connectivity index (χ1n) is 4.43. The van der Waals surface area contributed by atoms with Crippen molar-refractivity contribution < 1.29 is 0 Å². The molecule has 0 saturated heterocycles. The van der Waals surface area contributed by atoms with Gasteiger partial charge < -0.3 is 5.73 Å². The van der Waals surface area contributed by atoms with Crippen LogP contribution in [0.4, 0.5) is 5.82 Å². The Morgan fingerprint density at radius 2 is 2.27 bits per heavy atom. The summed E-state index contributed by atoms with van der Waals surface area (Å²) in [7, 11) is 0. The maximum atomic E-state index is 5.54. The Bertz CT molecular complexity index is 608. The first kappa shape index (κ1) is 7.98. The van der Waals surface area contributed by atoms with Crippen molar-refractivity contribution in [2.45, 2.75) is 0 Å². The van der Waals surface area contributed by atoms with Crippen LogP contribution in [0.15, 0.2) is 30.9 Å². The topological polar surface area (TPSA) is 84.9 Å². The standard InChI is InChI=1S/C9H8N6/c10-8-3-6(13-14-8)7-4-12-9-5-11-1-2-15(7)9/h1-5H,(H3,10,13,14). The Kier molecular flexibility index (Phi) is 1.49. The third-order valence-corrected chi connectivity index (χ3v) is 2.19. The molecule has 0 radical (unpaired) electrons. The summed E-state index contributed by atoms with van der Waals surface area (Å²) >= 11 is 0. The van der Waals surface area contributed by atoms with Gasteiger partial charge in [0.05, 0.1) is 23.8 Å². The number of hydrogen-bond acceptors (Lipinski definition) is 4. The number of anilines is 1. The normalized spacial score (nSPS) is 10.9. The Morgan fingerprint density at radius 1 is 1.33 bits per heavy atom. The largest absolute Gasteiger partial charge is 0.382 e. The monoisotopic (exact) mass is 200 g/mol. The molecular weight excluding hydrogens is 192 g/mol. The summed E-state index contributed by atoms with van der Waals surface area (Å²) in [6.45, 7) is 0. The van der Waals surface area contributed by atoms with Gasteiger partial charge in [-0.15, -0.1) is 0 Å². The smallest absolute Gasteiger partial charge is 0.155 e. The number of nitrogen functional groups attached to an aromatic ring is 1. The van der Waals surface area contributed by atoms with Crippen molar-refractivity contribution in [3.05, 3.63) is 30.9 Å². The van der Waals surface area contributed by atoms with Crippen LogP contribution in [0.2, 0.25) is 0 Å². The molecule has 3 rings (SSSR count). The van der Waals surface area contributed by atoms with E-state index in [1.807, 2.05) is 10.6 Å². The molecule has 74 valence electrons. The lowest BCUT2D eigenvalue weighted by Gasteiger charge is -1.96. The molecule has 6 nitrogen and oxygen atoms in total. The molecule has 0 amide bonds. The number of fused-ring (bicyclic) bond motifs is 1. The number of imidazole rings is 1. The predicted molar refractivity (Wildman–Crippen MR) is 55.0 cm³/mol. The SMILES string of the molecule is Nc1cc(-c2cnc3cnccn23)[nH]n1. The van der Waals surface area contributed by atoms with Gasteiger partial charge in [0.2, 0.25) is 0 Å². The molecule has 3 heterocycles. The highest BCUT2D eigenvalue weighted by Gasteiger charge is 2.07. The summed E-state index contributed by atoms with van der Waals surface area (Å²) in [4.78, 5) is 8.21. The van der Waals surface area contributed by atoms with E-state index in [1.54, 1.807) is 24.7 Å². The van der Waals surface area contributed by atoms with Crippen LogP contribution in [0.3, 0.4) is 0 Å². The summed E-state index contributed by atoms with van der Waals surface area (Å²) in [5.41, 5.74) is 8.09. The molecule has 0 spiro atoms. The van der Waals surface area contributed by atoms with Gasteiger partial charge in [-0.2, -0.15) is 5.10 Å². The zero-order valence-electron chi connectivity index (χ0n) is 7.75. The third kappa shape index (κ3) is 1.15. The van der Waals surface area contributed by atoms with Crippen molar-refractivity contribution in [1.82, 2.24) is 24.6 Å². The second kappa shape index (κ2) is 2.81. The van der Waals surface area contributed by atoms with Gasteiger partial charge in [0.1, 0.15) is 5.82 Å². The van der Waals surface area contributed by atoms with Crippen molar-refractivity contribution in [1.29, 1.82) is 0 Å². The van der Waals surface area contributed by atoms with E-state index >= 15 is 0 Å². The summed E-state index contributed by atoms with van der Waals surface area (Å²) in [5.74, 6) is 0.467. The Hall–Kier alpha value is -2.37. The first-order valence-corrected chi connectivity index (χ1v) is 4.43. The summed E-state index contributed by atoms with van der Waals surface area (Å²) in [5, 5.41) is 6.72. The van der Waals surface area contributed by atoms with Crippen LogP contribution in [0.25, 0.3) is 17.0 Å². The second-order valence-corrected chi connectivity index (χ2v) is 3.15. The van der Waals surface area contributed by atoms with Crippen LogP contribution >= 0.6 is 0 Å². The fraction of sp³-hybridized carbons (Fsp3) is 0.